The molecular weight excluding hydrogens is 396 g/mol. The first-order chi connectivity index (χ1) is 15.5. The van der Waals surface area contributed by atoms with Crippen molar-refractivity contribution in [1.82, 2.24) is 10.0 Å². The molecule has 0 N–H and O–H groups in total. The Hall–Kier alpha value is -3.02. The van der Waals surface area contributed by atoms with Crippen molar-refractivity contribution in [2.75, 3.05) is 63.2 Å². The Morgan fingerprint density at radius 1 is 0.562 bits per heavy atom. The summed E-state index contributed by atoms with van der Waals surface area (Å²) in [5.41, 5.74) is 4.71. The SMILES string of the molecule is CCN(CC)c1ccc(/C=N/N(C)CCN(C)/N=C/c2ccc(N(CC)CC)cc2)cc1. The molecule has 2 aromatic rings. The van der Waals surface area contributed by atoms with E-state index in [1.165, 1.54) is 11.4 Å². The monoisotopic (exact) mass is 436 g/mol. The number of hydrogen-bond acceptors (Lipinski definition) is 6. The van der Waals surface area contributed by atoms with Gasteiger partial charge in [-0.3, -0.25) is 10.0 Å². The molecule has 2 aromatic carbocycles. The zero-order valence-electron chi connectivity index (χ0n) is 20.7. The summed E-state index contributed by atoms with van der Waals surface area (Å²) in [6.45, 7) is 14.4. The van der Waals surface area contributed by atoms with E-state index in [9.17, 15) is 0 Å². The first kappa shape index (κ1) is 25.2. The first-order valence-corrected chi connectivity index (χ1v) is 11.7. The van der Waals surface area contributed by atoms with Gasteiger partial charge in [0.05, 0.1) is 25.5 Å². The quantitative estimate of drug-likeness (QED) is 0.339. The van der Waals surface area contributed by atoms with Crippen LogP contribution in [0.5, 0.6) is 0 Å². The maximum Gasteiger partial charge on any atom is 0.0549 e. The van der Waals surface area contributed by atoms with Gasteiger partial charge in [0.25, 0.3) is 0 Å². The summed E-state index contributed by atoms with van der Waals surface area (Å²) in [4.78, 5) is 4.67. The van der Waals surface area contributed by atoms with Gasteiger partial charge in [0, 0.05) is 51.6 Å². The molecule has 0 atom stereocenters. The van der Waals surface area contributed by atoms with Crippen LogP contribution in [0.2, 0.25) is 0 Å². The van der Waals surface area contributed by atoms with E-state index >= 15 is 0 Å². The Labute approximate surface area is 194 Å². The van der Waals surface area contributed by atoms with Crippen LogP contribution in [0.25, 0.3) is 0 Å². The van der Waals surface area contributed by atoms with E-state index in [1.807, 2.05) is 36.5 Å². The summed E-state index contributed by atoms with van der Waals surface area (Å²) in [5, 5.41) is 13.0. The van der Waals surface area contributed by atoms with Gasteiger partial charge in [-0.25, -0.2) is 0 Å². The van der Waals surface area contributed by atoms with E-state index in [0.717, 1.165) is 50.4 Å². The molecule has 0 aromatic heterocycles. The van der Waals surface area contributed by atoms with Crippen LogP contribution < -0.4 is 9.80 Å². The fourth-order valence-corrected chi connectivity index (χ4v) is 3.46. The van der Waals surface area contributed by atoms with E-state index in [0.29, 0.717) is 0 Å². The van der Waals surface area contributed by atoms with Crippen molar-refractivity contribution in [3.05, 3.63) is 59.7 Å². The predicted molar refractivity (Wildman–Crippen MR) is 140 cm³/mol. The number of rotatable bonds is 13. The summed E-state index contributed by atoms with van der Waals surface area (Å²) < 4.78 is 0. The number of nitrogens with zero attached hydrogens (tertiary/aromatic N) is 6. The van der Waals surface area contributed by atoms with Crippen LogP contribution in [-0.4, -0.2) is 75.8 Å². The lowest BCUT2D eigenvalue weighted by atomic mass is 10.2. The number of benzene rings is 2. The lowest BCUT2D eigenvalue weighted by Gasteiger charge is -2.21. The molecule has 0 aliphatic heterocycles. The molecular formula is C26H40N6. The molecule has 32 heavy (non-hydrogen) atoms. The topological polar surface area (TPSA) is 37.7 Å². The molecule has 0 radical (unpaired) electrons. The zero-order valence-corrected chi connectivity index (χ0v) is 20.7. The van der Waals surface area contributed by atoms with Crippen molar-refractivity contribution in [1.29, 1.82) is 0 Å². The molecule has 6 heteroatoms. The van der Waals surface area contributed by atoms with Crippen molar-refractivity contribution < 1.29 is 0 Å². The predicted octanol–water partition coefficient (Wildman–Crippen LogP) is 4.61. The third kappa shape index (κ3) is 7.91. The molecule has 0 heterocycles. The molecule has 0 unspecified atom stereocenters. The van der Waals surface area contributed by atoms with E-state index in [4.69, 9.17) is 0 Å². The lowest BCUT2D eigenvalue weighted by molar-refractivity contribution is 0.272. The minimum atomic E-state index is 0.794. The smallest absolute Gasteiger partial charge is 0.0549 e. The van der Waals surface area contributed by atoms with Crippen LogP contribution in [-0.2, 0) is 0 Å². The third-order valence-electron chi connectivity index (χ3n) is 5.60. The number of likely N-dealkylation sites (N-methyl/N-ethyl adjacent to an activating group) is 2. The van der Waals surface area contributed by atoms with Gasteiger partial charge in [-0.2, -0.15) is 10.2 Å². The highest BCUT2D eigenvalue weighted by Gasteiger charge is 2.02. The molecule has 0 amide bonds. The standard InChI is InChI=1S/C26H40N6/c1-7-31(8-2)25-15-11-23(12-16-25)21-27-29(5)19-20-30(6)28-22-24-13-17-26(18-14-24)32(9-3)10-4/h11-18,21-22H,7-10,19-20H2,1-6H3/b27-21+,28-22+. The molecule has 0 bridgehead atoms. The van der Waals surface area contributed by atoms with Crippen molar-refractivity contribution >= 4 is 23.8 Å². The molecule has 0 spiro atoms. The fraction of sp³-hybridized carbons (Fsp3) is 0.462. The Morgan fingerprint density at radius 2 is 0.875 bits per heavy atom. The van der Waals surface area contributed by atoms with Crippen molar-refractivity contribution in [2.24, 2.45) is 10.2 Å². The first-order valence-electron chi connectivity index (χ1n) is 11.7. The minimum Gasteiger partial charge on any atom is -0.372 e. The van der Waals surface area contributed by atoms with Gasteiger partial charge in [0.15, 0.2) is 0 Å². The Balaban J connectivity index is 1.80. The van der Waals surface area contributed by atoms with Gasteiger partial charge in [0.2, 0.25) is 0 Å². The fourth-order valence-electron chi connectivity index (χ4n) is 3.46. The van der Waals surface area contributed by atoms with Crippen LogP contribution in [0.3, 0.4) is 0 Å². The average molecular weight is 437 g/mol. The number of anilines is 2. The van der Waals surface area contributed by atoms with Gasteiger partial charge in [0.1, 0.15) is 0 Å². The van der Waals surface area contributed by atoms with Gasteiger partial charge in [-0.05, 0) is 63.1 Å². The van der Waals surface area contributed by atoms with Crippen molar-refractivity contribution in [3.8, 4) is 0 Å². The van der Waals surface area contributed by atoms with Crippen LogP contribution in [0, 0.1) is 0 Å². The summed E-state index contributed by atoms with van der Waals surface area (Å²) in [5.74, 6) is 0. The van der Waals surface area contributed by atoms with Crippen LogP contribution in [0.4, 0.5) is 11.4 Å². The third-order valence-corrected chi connectivity index (χ3v) is 5.60. The molecule has 0 saturated carbocycles. The van der Waals surface area contributed by atoms with Crippen molar-refractivity contribution in [2.45, 2.75) is 27.7 Å². The zero-order chi connectivity index (χ0) is 23.3. The number of hydrazone groups is 2. The summed E-state index contributed by atoms with van der Waals surface area (Å²) in [7, 11) is 3.98. The van der Waals surface area contributed by atoms with Crippen molar-refractivity contribution in [3.63, 3.8) is 0 Å². The largest absolute Gasteiger partial charge is 0.372 e. The van der Waals surface area contributed by atoms with E-state index in [-0.39, 0.29) is 0 Å². The molecule has 2 rings (SSSR count). The highest BCUT2D eigenvalue weighted by atomic mass is 15.5. The van der Waals surface area contributed by atoms with Gasteiger partial charge in [-0.15, -0.1) is 0 Å². The molecule has 0 fully saturated rings. The summed E-state index contributed by atoms with van der Waals surface area (Å²) >= 11 is 0. The number of hydrogen-bond donors (Lipinski definition) is 0. The molecule has 6 nitrogen and oxygen atoms in total. The maximum absolute atomic E-state index is 4.55. The Morgan fingerprint density at radius 3 is 1.16 bits per heavy atom. The minimum absolute atomic E-state index is 0.794. The van der Waals surface area contributed by atoms with Crippen LogP contribution in [0.1, 0.15) is 38.8 Å². The maximum atomic E-state index is 4.55. The van der Waals surface area contributed by atoms with Gasteiger partial charge >= 0.3 is 0 Å². The van der Waals surface area contributed by atoms with E-state index in [2.05, 4.69) is 96.2 Å². The lowest BCUT2D eigenvalue weighted by Crippen LogP contribution is -2.25. The Kier molecular flexibility index (Phi) is 10.6. The molecule has 0 aliphatic carbocycles. The highest BCUT2D eigenvalue weighted by molar-refractivity contribution is 5.80. The molecule has 174 valence electrons. The highest BCUT2D eigenvalue weighted by Crippen LogP contribution is 2.15. The molecule has 0 aliphatic rings. The second-order valence-electron chi connectivity index (χ2n) is 7.78. The second kappa shape index (κ2) is 13.4. The van der Waals surface area contributed by atoms with E-state index < -0.39 is 0 Å². The average Bonchev–Trinajstić information content (AvgIpc) is 2.83. The Bertz CT molecular complexity index is 749. The second-order valence-corrected chi connectivity index (χ2v) is 7.78. The summed E-state index contributed by atoms with van der Waals surface area (Å²) in [6.07, 6.45) is 3.82. The van der Waals surface area contributed by atoms with E-state index in [1.54, 1.807) is 0 Å². The van der Waals surface area contributed by atoms with Gasteiger partial charge in [-0.1, -0.05) is 24.3 Å². The molecule has 0 saturated heterocycles. The normalized spacial score (nSPS) is 11.3. The summed E-state index contributed by atoms with van der Waals surface area (Å²) in [6, 6.07) is 17.1. The van der Waals surface area contributed by atoms with Crippen LogP contribution in [0.15, 0.2) is 58.7 Å². The van der Waals surface area contributed by atoms with Crippen LogP contribution >= 0.6 is 0 Å². The van der Waals surface area contributed by atoms with Gasteiger partial charge < -0.3 is 9.80 Å².